The van der Waals surface area contributed by atoms with E-state index >= 15 is 0 Å². The van der Waals surface area contributed by atoms with Crippen molar-refractivity contribution in [3.8, 4) is 0 Å². The minimum Gasteiger partial charge on any atom is -0.444 e. The fourth-order valence-electron chi connectivity index (χ4n) is 2.98. The molecule has 24 heavy (non-hydrogen) atoms. The molecule has 0 radical (unpaired) electrons. The van der Waals surface area contributed by atoms with Gasteiger partial charge in [-0.2, -0.15) is 0 Å². The van der Waals surface area contributed by atoms with Crippen LogP contribution in [0.15, 0.2) is 18.2 Å². The maximum atomic E-state index is 12.3. The number of hydrogen-bond donors (Lipinski definition) is 0. The van der Waals surface area contributed by atoms with E-state index in [0.29, 0.717) is 29.6 Å². The third-order valence-electron chi connectivity index (χ3n) is 4.05. The number of hydrogen-bond acceptors (Lipinski definition) is 3. The molecule has 1 amide bonds. The van der Waals surface area contributed by atoms with Gasteiger partial charge in [0.15, 0.2) is 0 Å². The number of benzene rings is 1. The first-order valence-corrected chi connectivity index (χ1v) is 8.78. The predicted molar refractivity (Wildman–Crippen MR) is 95.7 cm³/mol. The van der Waals surface area contributed by atoms with Crippen LogP contribution in [-0.4, -0.2) is 36.0 Å². The highest BCUT2D eigenvalue weighted by atomic mass is 35.5. The van der Waals surface area contributed by atoms with Gasteiger partial charge < -0.3 is 14.4 Å². The topological polar surface area (TPSA) is 46.6 Å². The Morgan fingerprint density at radius 1 is 1.33 bits per heavy atom. The lowest BCUT2D eigenvalue weighted by molar-refractivity contribution is -0.119. The van der Waals surface area contributed by atoms with Crippen LogP contribution in [-0.2, 0) is 16.0 Å². The van der Waals surface area contributed by atoms with Crippen molar-refractivity contribution < 1.29 is 14.3 Å². The molecule has 1 aliphatic rings. The molecule has 132 valence electrons. The van der Waals surface area contributed by atoms with Crippen LogP contribution in [0, 0.1) is 5.41 Å². The number of amides is 1. The van der Waals surface area contributed by atoms with Gasteiger partial charge in [0.1, 0.15) is 11.9 Å². The largest absolute Gasteiger partial charge is 0.444 e. The molecule has 1 saturated heterocycles. The number of aldehydes is 1. The third kappa shape index (κ3) is 4.87. The Morgan fingerprint density at radius 3 is 2.62 bits per heavy atom. The van der Waals surface area contributed by atoms with Crippen molar-refractivity contribution >= 4 is 35.6 Å². The molecule has 0 bridgehead atoms. The first-order valence-electron chi connectivity index (χ1n) is 8.02. The second kappa shape index (κ2) is 7.32. The first-order chi connectivity index (χ1) is 11.1. The van der Waals surface area contributed by atoms with E-state index in [1.54, 1.807) is 17.0 Å². The van der Waals surface area contributed by atoms with Gasteiger partial charge in [0.2, 0.25) is 0 Å². The van der Waals surface area contributed by atoms with Gasteiger partial charge in [0.05, 0.1) is 10.0 Å². The zero-order chi connectivity index (χ0) is 18.0. The minimum absolute atomic E-state index is 0.353. The molecule has 1 fully saturated rings. The van der Waals surface area contributed by atoms with Crippen LogP contribution < -0.4 is 0 Å². The smallest absolute Gasteiger partial charge is 0.410 e. The summed E-state index contributed by atoms with van der Waals surface area (Å²) in [4.78, 5) is 25.8. The molecular weight excluding hydrogens is 349 g/mol. The molecular formula is C18H23Cl2NO3. The molecule has 1 aliphatic heterocycles. The number of piperidine rings is 1. The molecule has 0 spiro atoms. The second-order valence-corrected chi connectivity index (χ2v) is 8.23. The number of likely N-dealkylation sites (tertiary alicyclic amines) is 1. The van der Waals surface area contributed by atoms with E-state index in [0.717, 1.165) is 24.7 Å². The third-order valence-corrected chi connectivity index (χ3v) is 4.79. The lowest BCUT2D eigenvalue weighted by Crippen LogP contribution is -2.49. The van der Waals surface area contributed by atoms with Crippen molar-refractivity contribution in [3.05, 3.63) is 33.8 Å². The number of carbonyl (C=O) groups excluding carboxylic acids is 2. The molecule has 1 aromatic rings. The quantitative estimate of drug-likeness (QED) is 0.720. The second-order valence-electron chi connectivity index (χ2n) is 7.41. The molecule has 2 rings (SSSR count). The van der Waals surface area contributed by atoms with Crippen LogP contribution in [0.3, 0.4) is 0 Å². The summed E-state index contributed by atoms with van der Waals surface area (Å²) in [7, 11) is 0. The highest BCUT2D eigenvalue weighted by Gasteiger charge is 2.38. The number of nitrogens with zero attached hydrogens (tertiary/aromatic N) is 1. The van der Waals surface area contributed by atoms with Crippen molar-refractivity contribution in [1.82, 2.24) is 4.90 Å². The molecule has 1 atom stereocenters. The maximum absolute atomic E-state index is 12.3. The molecule has 4 nitrogen and oxygen atoms in total. The van der Waals surface area contributed by atoms with Gasteiger partial charge in [-0.05, 0) is 57.7 Å². The average Bonchev–Trinajstić information content (AvgIpc) is 2.49. The van der Waals surface area contributed by atoms with Gasteiger partial charge in [-0.25, -0.2) is 4.79 Å². The Balaban J connectivity index is 2.14. The molecule has 1 aromatic carbocycles. The zero-order valence-electron chi connectivity index (χ0n) is 14.3. The summed E-state index contributed by atoms with van der Waals surface area (Å²) in [5.41, 5.74) is -0.239. The van der Waals surface area contributed by atoms with Crippen molar-refractivity contribution in [1.29, 1.82) is 0 Å². The number of ether oxygens (including phenoxy) is 1. The van der Waals surface area contributed by atoms with Crippen LogP contribution in [0.25, 0.3) is 0 Å². The Labute approximate surface area is 153 Å². The highest BCUT2D eigenvalue weighted by Crippen LogP contribution is 2.34. The van der Waals surface area contributed by atoms with E-state index in [4.69, 9.17) is 27.9 Å². The summed E-state index contributed by atoms with van der Waals surface area (Å²) in [6.07, 6.45) is 2.61. The molecule has 6 heteroatoms. The van der Waals surface area contributed by atoms with Crippen molar-refractivity contribution in [2.45, 2.75) is 45.6 Å². The Morgan fingerprint density at radius 2 is 2.04 bits per heavy atom. The number of rotatable bonds is 3. The van der Waals surface area contributed by atoms with E-state index in [-0.39, 0.29) is 6.09 Å². The minimum atomic E-state index is -0.619. The molecule has 1 heterocycles. The van der Waals surface area contributed by atoms with Crippen LogP contribution in [0.5, 0.6) is 0 Å². The Bertz CT molecular complexity index is 627. The van der Waals surface area contributed by atoms with E-state index in [1.165, 1.54) is 0 Å². The summed E-state index contributed by atoms with van der Waals surface area (Å²) >= 11 is 12.0. The van der Waals surface area contributed by atoms with Gasteiger partial charge in [-0.15, -0.1) is 0 Å². The van der Waals surface area contributed by atoms with Crippen molar-refractivity contribution in [2.24, 2.45) is 5.41 Å². The molecule has 0 unspecified atom stereocenters. The number of carbonyl (C=O) groups is 2. The lowest BCUT2D eigenvalue weighted by atomic mass is 9.76. The summed E-state index contributed by atoms with van der Waals surface area (Å²) in [6.45, 7) is 6.45. The molecule has 0 aromatic heterocycles. The zero-order valence-corrected chi connectivity index (χ0v) is 15.8. The maximum Gasteiger partial charge on any atom is 0.410 e. The number of halogens is 2. The fourth-order valence-corrected chi connectivity index (χ4v) is 3.30. The van der Waals surface area contributed by atoms with Crippen molar-refractivity contribution in [2.75, 3.05) is 13.1 Å². The normalized spacial score (nSPS) is 21.5. The monoisotopic (exact) mass is 371 g/mol. The van der Waals surface area contributed by atoms with Gasteiger partial charge in [-0.1, -0.05) is 29.3 Å². The Kier molecular flexibility index (Phi) is 5.82. The van der Waals surface area contributed by atoms with Gasteiger partial charge in [0.25, 0.3) is 0 Å². The SMILES string of the molecule is CC(C)(C)OC(=O)N1CCC[C@](C=O)(Cc2ccc(Cl)c(Cl)c2)C1. The van der Waals surface area contributed by atoms with Crippen LogP contribution in [0.4, 0.5) is 4.79 Å². The van der Waals surface area contributed by atoms with Crippen LogP contribution in [0.1, 0.15) is 39.2 Å². The van der Waals surface area contributed by atoms with Crippen molar-refractivity contribution in [3.63, 3.8) is 0 Å². The van der Waals surface area contributed by atoms with Gasteiger partial charge in [0, 0.05) is 18.5 Å². The summed E-state index contributed by atoms with van der Waals surface area (Å²) in [6, 6.07) is 5.37. The van der Waals surface area contributed by atoms with Crippen LogP contribution >= 0.6 is 23.2 Å². The first kappa shape index (κ1) is 19.1. The van der Waals surface area contributed by atoms with Gasteiger partial charge in [-0.3, -0.25) is 0 Å². The highest BCUT2D eigenvalue weighted by molar-refractivity contribution is 6.42. The molecule has 0 aliphatic carbocycles. The fraction of sp³-hybridized carbons (Fsp3) is 0.556. The average molecular weight is 372 g/mol. The molecule has 0 saturated carbocycles. The molecule has 0 N–H and O–H groups in total. The van der Waals surface area contributed by atoms with E-state index in [1.807, 2.05) is 26.8 Å². The van der Waals surface area contributed by atoms with Crippen LogP contribution in [0.2, 0.25) is 10.0 Å². The summed E-state index contributed by atoms with van der Waals surface area (Å²) in [5.74, 6) is 0. The lowest BCUT2D eigenvalue weighted by Gasteiger charge is -2.39. The van der Waals surface area contributed by atoms with E-state index < -0.39 is 11.0 Å². The Hall–Kier alpha value is -1.26. The van der Waals surface area contributed by atoms with E-state index in [9.17, 15) is 9.59 Å². The van der Waals surface area contributed by atoms with Gasteiger partial charge >= 0.3 is 6.09 Å². The standard InChI is InChI=1S/C18H23Cl2NO3/c1-17(2,3)24-16(23)21-8-4-7-18(11-21,12-22)10-13-5-6-14(19)15(20)9-13/h5-6,9,12H,4,7-8,10-11H2,1-3H3/t18-/m0/s1. The predicted octanol–water partition coefficient (Wildman–Crippen LogP) is 4.75. The summed E-state index contributed by atoms with van der Waals surface area (Å²) < 4.78 is 5.43. The summed E-state index contributed by atoms with van der Waals surface area (Å²) in [5, 5.41) is 0.953. The van der Waals surface area contributed by atoms with E-state index in [2.05, 4.69) is 0 Å².